The summed E-state index contributed by atoms with van der Waals surface area (Å²) in [7, 11) is 0. The van der Waals surface area contributed by atoms with E-state index in [-0.39, 0.29) is 0 Å². The summed E-state index contributed by atoms with van der Waals surface area (Å²) in [5.74, 6) is 1.47. The lowest BCUT2D eigenvalue weighted by molar-refractivity contribution is 0.0422. The lowest BCUT2D eigenvalue weighted by Gasteiger charge is -2.36. The number of nitrogens with two attached hydrogens (primary N) is 1. The van der Waals surface area contributed by atoms with Crippen LogP contribution < -0.4 is 5.73 Å². The van der Waals surface area contributed by atoms with Crippen LogP contribution in [0, 0.1) is 11.8 Å². The van der Waals surface area contributed by atoms with Gasteiger partial charge in [0.2, 0.25) is 0 Å². The predicted octanol–water partition coefficient (Wildman–Crippen LogP) is 1.33. The molecule has 0 aliphatic carbocycles. The van der Waals surface area contributed by atoms with E-state index >= 15 is 0 Å². The monoisotopic (exact) mass is 214 g/mol. The van der Waals surface area contributed by atoms with Gasteiger partial charge >= 0.3 is 0 Å². The van der Waals surface area contributed by atoms with Crippen LogP contribution in [-0.4, -0.2) is 43.8 Å². The second-order valence-corrected chi connectivity index (χ2v) is 4.98. The molecule has 2 N–H and O–H groups in total. The number of hydrogen-bond donors (Lipinski definition) is 1. The molecule has 2 unspecified atom stereocenters. The van der Waals surface area contributed by atoms with Crippen molar-refractivity contribution in [3.05, 3.63) is 0 Å². The maximum absolute atomic E-state index is 5.74. The molecular formula is C12H26N2O. The molecule has 1 fully saturated rings. The van der Waals surface area contributed by atoms with Gasteiger partial charge in [0.25, 0.3) is 0 Å². The van der Waals surface area contributed by atoms with Crippen LogP contribution in [0.2, 0.25) is 0 Å². The Labute approximate surface area is 94.0 Å². The molecule has 1 rings (SSSR count). The molecule has 3 nitrogen and oxygen atoms in total. The van der Waals surface area contributed by atoms with Crippen molar-refractivity contribution >= 4 is 0 Å². The van der Waals surface area contributed by atoms with E-state index in [1.165, 1.54) is 19.5 Å². The molecule has 1 saturated heterocycles. The fraction of sp³-hybridized carbons (Fsp3) is 1.00. The molecule has 0 aromatic heterocycles. The third-order valence-electron chi connectivity index (χ3n) is 3.33. The van der Waals surface area contributed by atoms with Gasteiger partial charge in [0.05, 0.1) is 12.7 Å². The van der Waals surface area contributed by atoms with Crippen LogP contribution >= 0.6 is 0 Å². The van der Waals surface area contributed by atoms with E-state index in [0.717, 1.165) is 31.5 Å². The smallest absolute Gasteiger partial charge is 0.0596 e. The second-order valence-electron chi connectivity index (χ2n) is 4.98. The van der Waals surface area contributed by atoms with Crippen molar-refractivity contribution in [1.82, 2.24) is 4.90 Å². The van der Waals surface area contributed by atoms with Crippen molar-refractivity contribution in [2.24, 2.45) is 17.6 Å². The number of piperidine rings is 1. The van der Waals surface area contributed by atoms with Crippen molar-refractivity contribution in [3.63, 3.8) is 0 Å². The largest absolute Gasteiger partial charge is 0.377 e. The highest BCUT2D eigenvalue weighted by molar-refractivity contribution is 4.78. The van der Waals surface area contributed by atoms with E-state index in [9.17, 15) is 0 Å². The van der Waals surface area contributed by atoms with Gasteiger partial charge in [-0.3, -0.25) is 0 Å². The van der Waals surface area contributed by atoms with Crippen LogP contribution in [-0.2, 0) is 4.74 Å². The predicted molar refractivity (Wildman–Crippen MR) is 63.9 cm³/mol. The van der Waals surface area contributed by atoms with Gasteiger partial charge in [-0.05, 0) is 45.2 Å². The molecule has 3 heteroatoms. The lowest BCUT2D eigenvalue weighted by Crippen LogP contribution is -2.43. The van der Waals surface area contributed by atoms with Crippen molar-refractivity contribution in [2.75, 3.05) is 32.8 Å². The molecule has 0 aromatic carbocycles. The Morgan fingerprint density at radius 3 is 2.73 bits per heavy atom. The first-order valence-electron chi connectivity index (χ1n) is 6.17. The van der Waals surface area contributed by atoms with Crippen molar-refractivity contribution in [1.29, 1.82) is 0 Å². The first-order valence-corrected chi connectivity index (χ1v) is 6.17. The van der Waals surface area contributed by atoms with Gasteiger partial charge in [-0.15, -0.1) is 0 Å². The molecule has 1 aliphatic rings. The third kappa shape index (κ3) is 4.49. The van der Waals surface area contributed by atoms with E-state index in [2.05, 4.69) is 25.7 Å². The first-order chi connectivity index (χ1) is 7.13. The quantitative estimate of drug-likeness (QED) is 0.750. The molecule has 15 heavy (non-hydrogen) atoms. The number of rotatable bonds is 5. The van der Waals surface area contributed by atoms with Crippen molar-refractivity contribution < 1.29 is 4.74 Å². The van der Waals surface area contributed by atoms with Gasteiger partial charge < -0.3 is 15.4 Å². The average Bonchev–Trinajstić information content (AvgIpc) is 2.17. The number of hydrogen-bond acceptors (Lipinski definition) is 3. The highest BCUT2D eigenvalue weighted by Crippen LogP contribution is 2.21. The van der Waals surface area contributed by atoms with Crippen molar-refractivity contribution in [3.8, 4) is 0 Å². The summed E-state index contributed by atoms with van der Waals surface area (Å²) >= 11 is 0. The summed E-state index contributed by atoms with van der Waals surface area (Å²) in [4.78, 5) is 2.50. The van der Waals surface area contributed by atoms with E-state index in [1.807, 2.05) is 0 Å². The van der Waals surface area contributed by atoms with Crippen LogP contribution in [0.15, 0.2) is 0 Å². The summed E-state index contributed by atoms with van der Waals surface area (Å²) in [5, 5.41) is 0. The molecule has 2 atom stereocenters. The number of likely N-dealkylation sites (tertiary alicyclic amines) is 1. The molecule has 0 amide bonds. The zero-order valence-corrected chi connectivity index (χ0v) is 10.4. The van der Waals surface area contributed by atoms with Crippen LogP contribution in [0.1, 0.15) is 27.2 Å². The number of nitrogens with zero attached hydrogens (tertiary/aromatic N) is 1. The minimum absolute atomic E-state index is 0.351. The Morgan fingerprint density at radius 1 is 1.47 bits per heavy atom. The molecular weight excluding hydrogens is 188 g/mol. The fourth-order valence-corrected chi connectivity index (χ4v) is 2.25. The summed E-state index contributed by atoms with van der Waals surface area (Å²) in [6.07, 6.45) is 1.60. The molecule has 1 aliphatic heterocycles. The minimum atomic E-state index is 0.351. The van der Waals surface area contributed by atoms with Gasteiger partial charge in [0.1, 0.15) is 0 Å². The van der Waals surface area contributed by atoms with Crippen molar-refractivity contribution in [2.45, 2.75) is 33.3 Å². The minimum Gasteiger partial charge on any atom is -0.377 e. The highest BCUT2D eigenvalue weighted by atomic mass is 16.5. The van der Waals surface area contributed by atoms with E-state index in [1.54, 1.807) is 0 Å². The average molecular weight is 214 g/mol. The summed E-state index contributed by atoms with van der Waals surface area (Å²) in [6, 6.07) is 0. The molecule has 0 bridgehead atoms. The maximum Gasteiger partial charge on any atom is 0.0596 e. The summed E-state index contributed by atoms with van der Waals surface area (Å²) in [5.41, 5.74) is 5.74. The van der Waals surface area contributed by atoms with E-state index in [4.69, 9.17) is 10.5 Å². The Kier molecular flexibility index (Phi) is 5.58. The Balaban J connectivity index is 2.17. The molecule has 0 spiro atoms. The van der Waals surface area contributed by atoms with Crippen LogP contribution in [0.5, 0.6) is 0 Å². The Morgan fingerprint density at radius 2 is 2.20 bits per heavy atom. The molecule has 90 valence electrons. The molecule has 1 heterocycles. The summed E-state index contributed by atoms with van der Waals surface area (Å²) < 4.78 is 5.57. The second kappa shape index (κ2) is 6.46. The fourth-order valence-electron chi connectivity index (χ4n) is 2.25. The van der Waals surface area contributed by atoms with Crippen LogP contribution in [0.25, 0.3) is 0 Å². The zero-order valence-electron chi connectivity index (χ0n) is 10.4. The van der Waals surface area contributed by atoms with Gasteiger partial charge in [-0.1, -0.05) is 6.92 Å². The normalized spacial score (nSPS) is 28.6. The van der Waals surface area contributed by atoms with Gasteiger partial charge in [0, 0.05) is 13.1 Å². The SMILES string of the molecule is CC(C)OCCN1CCC(CN)C(C)C1. The zero-order chi connectivity index (χ0) is 11.3. The Bertz CT molecular complexity index is 173. The highest BCUT2D eigenvalue weighted by Gasteiger charge is 2.24. The lowest BCUT2D eigenvalue weighted by atomic mass is 9.87. The summed E-state index contributed by atoms with van der Waals surface area (Å²) in [6.45, 7) is 11.6. The van der Waals surface area contributed by atoms with Gasteiger partial charge in [-0.2, -0.15) is 0 Å². The van der Waals surface area contributed by atoms with E-state index < -0.39 is 0 Å². The molecule has 0 radical (unpaired) electrons. The number of ether oxygens (including phenoxy) is 1. The molecule has 0 aromatic rings. The van der Waals surface area contributed by atoms with Gasteiger partial charge in [-0.25, -0.2) is 0 Å². The maximum atomic E-state index is 5.74. The standard InChI is InChI=1S/C12H26N2O/c1-10(2)15-7-6-14-5-4-12(8-13)11(3)9-14/h10-12H,4-9,13H2,1-3H3. The third-order valence-corrected chi connectivity index (χ3v) is 3.33. The van der Waals surface area contributed by atoms with E-state index in [0.29, 0.717) is 6.10 Å². The molecule has 0 saturated carbocycles. The first kappa shape index (κ1) is 12.9. The Hall–Kier alpha value is -0.120. The van der Waals surface area contributed by atoms with Gasteiger partial charge in [0.15, 0.2) is 0 Å². The topological polar surface area (TPSA) is 38.5 Å². The van der Waals surface area contributed by atoms with Crippen LogP contribution in [0.4, 0.5) is 0 Å². The van der Waals surface area contributed by atoms with Crippen LogP contribution in [0.3, 0.4) is 0 Å².